The quantitative estimate of drug-likeness (QED) is 0.342. The van der Waals surface area contributed by atoms with Gasteiger partial charge in [-0.1, -0.05) is 12.5 Å². The first-order valence-electron chi connectivity index (χ1n) is 10.9. The summed E-state index contributed by atoms with van der Waals surface area (Å²) in [5.74, 6) is -1.09. The SMILES string of the molecule is C[C@@H](NS(=O)(=O)CCCCCN1CC(=O)NC1=O)c1ccc(F)c(OCN2CCCC2=O)c1. The number of ether oxygens (including phenoxy) is 1. The van der Waals surface area contributed by atoms with Crippen LogP contribution >= 0.6 is 0 Å². The Bertz CT molecular complexity index is 1000. The van der Waals surface area contributed by atoms with E-state index in [9.17, 15) is 27.2 Å². The van der Waals surface area contributed by atoms with Crippen LogP contribution in [0.3, 0.4) is 0 Å². The van der Waals surface area contributed by atoms with Gasteiger partial charge in [0, 0.05) is 25.6 Å². The van der Waals surface area contributed by atoms with E-state index in [4.69, 9.17) is 4.74 Å². The second-order valence-corrected chi connectivity index (χ2v) is 10.1. The molecule has 3 rings (SSSR count). The van der Waals surface area contributed by atoms with Crippen molar-refractivity contribution in [1.29, 1.82) is 0 Å². The molecule has 12 heteroatoms. The van der Waals surface area contributed by atoms with Crippen LogP contribution in [-0.2, 0) is 19.6 Å². The van der Waals surface area contributed by atoms with E-state index < -0.39 is 27.9 Å². The lowest BCUT2D eigenvalue weighted by Crippen LogP contribution is -2.30. The van der Waals surface area contributed by atoms with Crippen molar-refractivity contribution in [2.45, 2.75) is 45.1 Å². The molecule has 1 atom stereocenters. The predicted octanol–water partition coefficient (Wildman–Crippen LogP) is 1.49. The first-order chi connectivity index (χ1) is 15.6. The highest BCUT2D eigenvalue weighted by Gasteiger charge is 2.26. The molecule has 4 amide bonds. The average molecular weight is 485 g/mol. The zero-order valence-electron chi connectivity index (χ0n) is 18.5. The summed E-state index contributed by atoms with van der Waals surface area (Å²) >= 11 is 0. The van der Waals surface area contributed by atoms with E-state index in [2.05, 4.69) is 10.0 Å². The Morgan fingerprint density at radius 3 is 2.64 bits per heavy atom. The van der Waals surface area contributed by atoms with Crippen LogP contribution < -0.4 is 14.8 Å². The zero-order chi connectivity index (χ0) is 24.0. The maximum atomic E-state index is 14.1. The van der Waals surface area contributed by atoms with Crippen LogP contribution in [0.4, 0.5) is 9.18 Å². The first-order valence-corrected chi connectivity index (χ1v) is 12.6. The number of nitrogens with zero attached hydrogens (tertiary/aromatic N) is 2. The molecule has 182 valence electrons. The Hall–Kier alpha value is -2.73. The van der Waals surface area contributed by atoms with Crippen molar-refractivity contribution >= 4 is 27.9 Å². The number of carbonyl (C=O) groups excluding carboxylic acids is 3. The molecule has 2 heterocycles. The third-order valence-corrected chi connectivity index (χ3v) is 7.11. The summed E-state index contributed by atoms with van der Waals surface area (Å²) in [7, 11) is -3.59. The van der Waals surface area contributed by atoms with Crippen molar-refractivity contribution < 1.29 is 31.9 Å². The van der Waals surface area contributed by atoms with Gasteiger partial charge in [-0.2, -0.15) is 0 Å². The molecule has 1 aromatic carbocycles. The van der Waals surface area contributed by atoms with Gasteiger partial charge in [-0.3, -0.25) is 14.9 Å². The van der Waals surface area contributed by atoms with Gasteiger partial charge in [-0.15, -0.1) is 0 Å². The maximum Gasteiger partial charge on any atom is 0.324 e. The summed E-state index contributed by atoms with van der Waals surface area (Å²) in [5, 5.41) is 2.19. The van der Waals surface area contributed by atoms with Crippen molar-refractivity contribution in [3.8, 4) is 5.75 Å². The lowest BCUT2D eigenvalue weighted by Gasteiger charge is -2.19. The highest BCUT2D eigenvalue weighted by atomic mass is 32.2. The van der Waals surface area contributed by atoms with Gasteiger partial charge in [0.15, 0.2) is 18.3 Å². The molecule has 33 heavy (non-hydrogen) atoms. The van der Waals surface area contributed by atoms with Crippen molar-refractivity contribution in [1.82, 2.24) is 19.8 Å². The lowest BCUT2D eigenvalue weighted by atomic mass is 10.1. The average Bonchev–Trinajstić information content (AvgIpc) is 3.30. The molecule has 0 saturated carbocycles. The van der Waals surface area contributed by atoms with Crippen molar-refractivity contribution in [3.05, 3.63) is 29.6 Å². The van der Waals surface area contributed by atoms with Crippen LogP contribution in [0, 0.1) is 5.82 Å². The number of amides is 4. The van der Waals surface area contributed by atoms with Gasteiger partial charge in [0.25, 0.3) is 0 Å². The molecule has 10 nitrogen and oxygen atoms in total. The molecule has 2 fully saturated rings. The number of nitrogens with one attached hydrogen (secondary N) is 2. The number of benzene rings is 1. The monoisotopic (exact) mass is 484 g/mol. The van der Waals surface area contributed by atoms with Crippen LogP contribution in [0.5, 0.6) is 5.75 Å². The van der Waals surface area contributed by atoms with Crippen LogP contribution in [0.25, 0.3) is 0 Å². The van der Waals surface area contributed by atoms with E-state index in [0.29, 0.717) is 44.3 Å². The van der Waals surface area contributed by atoms with Crippen molar-refractivity contribution in [2.24, 2.45) is 0 Å². The predicted molar refractivity (Wildman–Crippen MR) is 117 cm³/mol. The third kappa shape index (κ3) is 7.13. The van der Waals surface area contributed by atoms with Crippen LogP contribution in [-0.4, -0.2) is 68.2 Å². The Kier molecular flexibility index (Phi) is 8.25. The number of likely N-dealkylation sites (tertiary alicyclic amines) is 1. The minimum Gasteiger partial charge on any atom is -0.470 e. The molecule has 2 saturated heterocycles. The van der Waals surface area contributed by atoms with E-state index in [1.807, 2.05) is 0 Å². The summed E-state index contributed by atoms with van der Waals surface area (Å²) in [4.78, 5) is 37.2. The maximum absolute atomic E-state index is 14.1. The smallest absolute Gasteiger partial charge is 0.324 e. The second-order valence-electron chi connectivity index (χ2n) is 8.22. The van der Waals surface area contributed by atoms with Gasteiger partial charge in [-0.25, -0.2) is 22.3 Å². The molecule has 0 radical (unpaired) electrons. The number of halogens is 1. The standard InChI is InChI=1S/C21H29FN4O6S/c1-15(16-7-8-17(22)18(12-16)32-14-26-10-5-6-20(26)28)24-33(30,31)11-4-2-3-9-25-13-19(27)23-21(25)29/h7-8,12,15,24H,2-6,9-11,13-14H2,1H3,(H,23,27,29)/t15-/m1/s1. The second kappa shape index (κ2) is 10.9. The summed E-state index contributed by atoms with van der Waals surface area (Å²) < 4.78 is 47.0. The normalized spacial score (nSPS) is 17.6. The van der Waals surface area contributed by atoms with Gasteiger partial charge < -0.3 is 14.5 Å². The Labute approximate surface area is 192 Å². The minimum atomic E-state index is -3.59. The molecule has 0 unspecified atom stereocenters. The molecule has 0 bridgehead atoms. The van der Waals surface area contributed by atoms with Crippen LogP contribution in [0.2, 0.25) is 0 Å². The van der Waals surface area contributed by atoms with Gasteiger partial charge in [0.1, 0.15) is 6.54 Å². The Morgan fingerprint density at radius 2 is 1.97 bits per heavy atom. The summed E-state index contributed by atoms with van der Waals surface area (Å²) in [6.45, 7) is 2.60. The summed E-state index contributed by atoms with van der Waals surface area (Å²) in [6, 6.07) is 3.11. The van der Waals surface area contributed by atoms with Gasteiger partial charge >= 0.3 is 6.03 Å². The molecule has 1 aromatic rings. The molecule has 0 spiro atoms. The van der Waals surface area contributed by atoms with E-state index in [1.54, 1.807) is 6.92 Å². The number of hydrogen-bond donors (Lipinski definition) is 2. The Balaban J connectivity index is 1.44. The highest BCUT2D eigenvalue weighted by molar-refractivity contribution is 7.89. The largest absolute Gasteiger partial charge is 0.470 e. The number of carbonyl (C=O) groups is 3. The topological polar surface area (TPSA) is 125 Å². The first kappa shape index (κ1) is 24.9. The number of rotatable bonds is 12. The fourth-order valence-corrected chi connectivity index (χ4v) is 5.10. The number of hydrogen-bond acceptors (Lipinski definition) is 6. The molecular formula is C21H29FN4O6S. The molecule has 0 aliphatic carbocycles. The molecule has 2 N–H and O–H groups in total. The molecule has 2 aliphatic rings. The van der Waals surface area contributed by atoms with Crippen molar-refractivity contribution in [3.63, 3.8) is 0 Å². The third-order valence-electron chi connectivity index (χ3n) is 5.57. The van der Waals surface area contributed by atoms with Crippen molar-refractivity contribution in [2.75, 3.05) is 32.1 Å². The van der Waals surface area contributed by atoms with Gasteiger partial charge in [0.05, 0.1) is 5.75 Å². The highest BCUT2D eigenvalue weighted by Crippen LogP contribution is 2.24. The van der Waals surface area contributed by atoms with Gasteiger partial charge in [-0.05, 0) is 43.9 Å². The van der Waals surface area contributed by atoms with E-state index in [1.165, 1.54) is 28.0 Å². The molecule has 0 aromatic heterocycles. The van der Waals surface area contributed by atoms with Gasteiger partial charge in [0.2, 0.25) is 21.8 Å². The summed E-state index contributed by atoms with van der Waals surface area (Å²) in [5.41, 5.74) is 0.535. The number of unbranched alkanes of at least 4 members (excludes halogenated alkanes) is 2. The number of imide groups is 1. The Morgan fingerprint density at radius 1 is 1.18 bits per heavy atom. The van der Waals surface area contributed by atoms with E-state index in [0.717, 1.165) is 6.42 Å². The fraction of sp³-hybridized carbons (Fsp3) is 0.571. The van der Waals surface area contributed by atoms with E-state index >= 15 is 0 Å². The van der Waals surface area contributed by atoms with Crippen LogP contribution in [0.1, 0.15) is 50.6 Å². The zero-order valence-corrected chi connectivity index (χ0v) is 19.3. The fourth-order valence-electron chi connectivity index (χ4n) is 3.72. The molecule has 2 aliphatic heterocycles. The number of urea groups is 1. The lowest BCUT2D eigenvalue weighted by molar-refractivity contribution is -0.130. The summed E-state index contributed by atoms with van der Waals surface area (Å²) in [6.07, 6.45) is 2.77. The molecular weight excluding hydrogens is 455 g/mol. The van der Waals surface area contributed by atoms with E-state index in [-0.39, 0.29) is 36.6 Å². The number of sulfonamides is 1. The minimum absolute atomic E-state index is 0.0356. The van der Waals surface area contributed by atoms with Crippen LogP contribution in [0.15, 0.2) is 18.2 Å².